The normalized spacial score (nSPS) is 13.4. The number of hydrogen-bond donors (Lipinski definition) is 0. The lowest BCUT2D eigenvalue weighted by molar-refractivity contribution is 0.454. The Morgan fingerprint density at radius 2 is 1.17 bits per heavy atom. The fourth-order valence-corrected chi connectivity index (χ4v) is 6.43. The molecule has 0 spiro atoms. The summed E-state index contributed by atoms with van der Waals surface area (Å²) in [5.74, 6) is -0.208. The molecule has 0 radical (unpaired) electrons. The van der Waals surface area contributed by atoms with E-state index in [1.165, 1.54) is 0 Å². The summed E-state index contributed by atoms with van der Waals surface area (Å²) in [4.78, 5) is 0. The second-order valence-electron chi connectivity index (χ2n) is 4.66. The van der Waals surface area contributed by atoms with Crippen LogP contribution in [0.1, 0.15) is 53.4 Å². The molecule has 18 heavy (non-hydrogen) atoms. The van der Waals surface area contributed by atoms with Crippen LogP contribution in [-0.2, 0) is 20.0 Å². The van der Waals surface area contributed by atoms with E-state index >= 15 is 0 Å². The van der Waals surface area contributed by atoms with Crippen LogP contribution in [0.5, 0.6) is 0 Å². The molecule has 0 unspecified atom stereocenters. The van der Waals surface area contributed by atoms with Crippen molar-refractivity contribution in [3.63, 3.8) is 0 Å². The molecule has 0 atom stereocenters. The lowest BCUT2D eigenvalue weighted by Gasteiger charge is -2.25. The number of unbranched alkanes of at least 4 members (excludes halogenated alkanes) is 2. The fourth-order valence-electron chi connectivity index (χ4n) is 1.65. The summed E-state index contributed by atoms with van der Waals surface area (Å²) in [5.41, 5.74) is 0. The first-order chi connectivity index (χ1) is 8.19. The standard InChI is InChI=1S/C11H25NO4S2/c1-5-7-9-17(13,14)12(11(3)4)18(15,16)10-8-6-2/h11H,5-10H2,1-4H3. The summed E-state index contributed by atoms with van der Waals surface area (Å²) in [5, 5.41) is 0. The van der Waals surface area contributed by atoms with E-state index in [0.29, 0.717) is 16.6 Å². The zero-order valence-corrected chi connectivity index (χ0v) is 13.3. The Hall–Kier alpha value is -0.140. The summed E-state index contributed by atoms with van der Waals surface area (Å²) in [6.07, 6.45) is 2.41. The largest absolute Gasteiger partial charge is 0.227 e. The maximum atomic E-state index is 12.1. The molecule has 0 saturated carbocycles. The molecule has 0 amide bonds. The molecule has 0 fully saturated rings. The monoisotopic (exact) mass is 299 g/mol. The molecule has 0 aliphatic carbocycles. The number of hydrogen-bond acceptors (Lipinski definition) is 4. The van der Waals surface area contributed by atoms with Crippen molar-refractivity contribution in [1.82, 2.24) is 3.71 Å². The maximum absolute atomic E-state index is 12.1. The molecule has 0 aliphatic heterocycles. The molecule has 0 heterocycles. The summed E-state index contributed by atoms with van der Waals surface area (Å²) < 4.78 is 49.1. The third-order valence-corrected chi connectivity index (χ3v) is 7.39. The Balaban J connectivity index is 5.20. The number of rotatable bonds is 9. The average molecular weight is 299 g/mol. The zero-order valence-electron chi connectivity index (χ0n) is 11.7. The second-order valence-corrected chi connectivity index (χ2v) is 8.82. The molecule has 0 bridgehead atoms. The van der Waals surface area contributed by atoms with E-state index in [2.05, 4.69) is 0 Å². The van der Waals surface area contributed by atoms with Gasteiger partial charge in [0.05, 0.1) is 11.5 Å². The van der Waals surface area contributed by atoms with E-state index < -0.39 is 26.1 Å². The zero-order chi connectivity index (χ0) is 14.4. The maximum Gasteiger partial charge on any atom is 0.227 e. The van der Waals surface area contributed by atoms with Crippen molar-refractivity contribution in [3.8, 4) is 0 Å². The molecular weight excluding hydrogens is 274 g/mol. The highest BCUT2D eigenvalue weighted by atomic mass is 32.3. The van der Waals surface area contributed by atoms with Crippen LogP contribution in [0.3, 0.4) is 0 Å². The molecule has 0 aromatic carbocycles. The summed E-state index contributed by atoms with van der Waals surface area (Å²) in [7, 11) is -7.45. The van der Waals surface area contributed by atoms with Crippen LogP contribution in [0, 0.1) is 0 Å². The molecule has 0 aromatic rings. The topological polar surface area (TPSA) is 71.5 Å². The van der Waals surface area contributed by atoms with Crippen molar-refractivity contribution < 1.29 is 16.8 Å². The Kier molecular flexibility index (Phi) is 7.39. The van der Waals surface area contributed by atoms with Gasteiger partial charge in [-0.2, -0.15) is 0 Å². The molecular formula is C11H25NO4S2. The molecule has 0 rings (SSSR count). The third-order valence-electron chi connectivity index (χ3n) is 2.48. The number of nitrogens with zero attached hydrogens (tertiary/aromatic N) is 1. The van der Waals surface area contributed by atoms with Crippen molar-refractivity contribution >= 4 is 20.0 Å². The van der Waals surface area contributed by atoms with E-state index in [1.54, 1.807) is 13.8 Å². The fraction of sp³-hybridized carbons (Fsp3) is 1.00. The number of sulfonamides is 2. The minimum Gasteiger partial charge on any atom is -0.211 e. The minimum atomic E-state index is -3.73. The molecule has 5 nitrogen and oxygen atoms in total. The highest BCUT2D eigenvalue weighted by Crippen LogP contribution is 2.17. The second kappa shape index (κ2) is 7.45. The van der Waals surface area contributed by atoms with Gasteiger partial charge in [-0.25, -0.2) is 16.8 Å². The van der Waals surface area contributed by atoms with Gasteiger partial charge < -0.3 is 0 Å². The van der Waals surface area contributed by atoms with Gasteiger partial charge in [-0.05, 0) is 26.7 Å². The van der Waals surface area contributed by atoms with E-state index in [4.69, 9.17) is 0 Å². The molecule has 0 aromatic heterocycles. The van der Waals surface area contributed by atoms with Gasteiger partial charge in [0.1, 0.15) is 0 Å². The third kappa shape index (κ3) is 5.24. The summed E-state index contributed by atoms with van der Waals surface area (Å²) in [6, 6.07) is -0.561. The first-order valence-electron chi connectivity index (χ1n) is 6.44. The predicted octanol–water partition coefficient (Wildman–Crippen LogP) is 1.96. The highest BCUT2D eigenvalue weighted by Gasteiger charge is 2.35. The van der Waals surface area contributed by atoms with E-state index in [1.807, 2.05) is 13.8 Å². The van der Waals surface area contributed by atoms with Crippen LogP contribution in [0.25, 0.3) is 0 Å². The molecule has 0 N–H and O–H groups in total. The van der Waals surface area contributed by atoms with Crippen LogP contribution in [0.15, 0.2) is 0 Å². The smallest absolute Gasteiger partial charge is 0.211 e. The van der Waals surface area contributed by atoms with Gasteiger partial charge in [0, 0.05) is 6.04 Å². The average Bonchev–Trinajstić information content (AvgIpc) is 2.22. The first-order valence-corrected chi connectivity index (χ1v) is 9.65. The summed E-state index contributed by atoms with van der Waals surface area (Å²) >= 11 is 0. The van der Waals surface area contributed by atoms with E-state index in [-0.39, 0.29) is 11.5 Å². The minimum absolute atomic E-state index is 0.104. The van der Waals surface area contributed by atoms with Crippen LogP contribution >= 0.6 is 0 Å². The summed E-state index contributed by atoms with van der Waals surface area (Å²) in [6.45, 7) is 6.93. The van der Waals surface area contributed by atoms with Gasteiger partial charge in [-0.3, -0.25) is 0 Å². The van der Waals surface area contributed by atoms with Crippen LogP contribution in [0.4, 0.5) is 0 Å². The van der Waals surface area contributed by atoms with Crippen molar-refractivity contribution in [2.24, 2.45) is 0 Å². The van der Waals surface area contributed by atoms with Gasteiger partial charge in [-0.15, -0.1) is 0 Å². The van der Waals surface area contributed by atoms with Gasteiger partial charge in [0.15, 0.2) is 0 Å². The van der Waals surface area contributed by atoms with Crippen molar-refractivity contribution in [2.45, 2.75) is 59.4 Å². The van der Waals surface area contributed by atoms with Crippen molar-refractivity contribution in [2.75, 3.05) is 11.5 Å². The van der Waals surface area contributed by atoms with Gasteiger partial charge in [0.25, 0.3) is 0 Å². The Morgan fingerprint density at radius 3 is 1.39 bits per heavy atom. The Labute approximate surface area is 112 Å². The molecule has 7 heteroatoms. The Bertz CT molecular complexity index is 388. The van der Waals surface area contributed by atoms with E-state index in [0.717, 1.165) is 12.8 Å². The van der Waals surface area contributed by atoms with Crippen LogP contribution < -0.4 is 0 Å². The van der Waals surface area contributed by atoms with Gasteiger partial charge >= 0.3 is 0 Å². The Morgan fingerprint density at radius 1 is 0.833 bits per heavy atom. The predicted molar refractivity (Wildman–Crippen MR) is 74.4 cm³/mol. The first kappa shape index (κ1) is 17.9. The SMILES string of the molecule is CCCCS(=O)(=O)N(C(C)C)S(=O)(=O)CCCC. The van der Waals surface area contributed by atoms with Crippen molar-refractivity contribution in [1.29, 1.82) is 0 Å². The van der Waals surface area contributed by atoms with Crippen LogP contribution in [-0.4, -0.2) is 38.1 Å². The van der Waals surface area contributed by atoms with Gasteiger partial charge in [-0.1, -0.05) is 30.4 Å². The lowest BCUT2D eigenvalue weighted by Crippen LogP contribution is -2.44. The molecule has 0 aliphatic rings. The lowest BCUT2D eigenvalue weighted by atomic mass is 10.4. The van der Waals surface area contributed by atoms with Gasteiger partial charge in [0.2, 0.25) is 20.0 Å². The van der Waals surface area contributed by atoms with Crippen molar-refractivity contribution in [3.05, 3.63) is 0 Å². The quantitative estimate of drug-likeness (QED) is 0.652. The van der Waals surface area contributed by atoms with E-state index in [9.17, 15) is 16.8 Å². The molecule has 0 saturated heterocycles. The highest BCUT2D eigenvalue weighted by molar-refractivity contribution is 8.04. The van der Waals surface area contributed by atoms with Crippen LogP contribution in [0.2, 0.25) is 0 Å². The molecule has 110 valence electrons.